The number of hydrogen-bond donors (Lipinski definition) is 3. The number of rotatable bonds is 3. The van der Waals surface area contributed by atoms with Crippen LogP contribution in [0.3, 0.4) is 0 Å². The van der Waals surface area contributed by atoms with Gasteiger partial charge in [0, 0.05) is 28.7 Å². The Morgan fingerprint density at radius 3 is 2.37 bits per heavy atom. The minimum Gasteiger partial charge on any atom is -0.465 e. The van der Waals surface area contributed by atoms with Gasteiger partial charge in [-0.2, -0.15) is 0 Å². The summed E-state index contributed by atoms with van der Waals surface area (Å²) in [6, 6.07) is 18.8. The minimum absolute atomic E-state index is 0.299. The van der Waals surface area contributed by atoms with Crippen molar-refractivity contribution in [1.82, 2.24) is 4.98 Å². The Morgan fingerprint density at radius 1 is 0.852 bits per heavy atom. The number of aromatic nitrogens is 1. The number of nitrogens with one attached hydrogen (secondary N) is 2. The molecule has 132 valence electrons. The molecule has 0 saturated carbocycles. The quantitative estimate of drug-likeness (QED) is 0.622. The Kier molecular flexibility index (Phi) is 5.45. The maximum Gasteiger partial charge on any atom is 0.409 e. The molecule has 1 aromatic heterocycles. The molecular formula is C21H15N3O3. The number of amides is 2. The van der Waals surface area contributed by atoms with Gasteiger partial charge in [0.1, 0.15) is 5.69 Å². The van der Waals surface area contributed by atoms with Crippen molar-refractivity contribution in [2.75, 3.05) is 10.6 Å². The van der Waals surface area contributed by atoms with E-state index >= 15 is 0 Å². The smallest absolute Gasteiger partial charge is 0.409 e. The van der Waals surface area contributed by atoms with Gasteiger partial charge in [0.15, 0.2) is 0 Å². The molecule has 3 aromatic rings. The average molecular weight is 357 g/mol. The maximum atomic E-state index is 12.3. The highest BCUT2D eigenvalue weighted by Gasteiger charge is 2.07. The first kappa shape index (κ1) is 17.7. The van der Waals surface area contributed by atoms with Crippen LogP contribution < -0.4 is 10.6 Å². The van der Waals surface area contributed by atoms with Crippen LogP contribution in [0.15, 0.2) is 72.9 Å². The number of carbonyl (C=O) groups excluding carboxylic acids is 1. The molecular weight excluding hydrogens is 342 g/mol. The van der Waals surface area contributed by atoms with Gasteiger partial charge in [-0.1, -0.05) is 18.1 Å². The predicted molar refractivity (Wildman–Crippen MR) is 103 cm³/mol. The van der Waals surface area contributed by atoms with E-state index in [1.807, 2.05) is 24.3 Å². The molecule has 0 radical (unpaired) electrons. The minimum atomic E-state index is -1.16. The molecule has 0 spiro atoms. The van der Waals surface area contributed by atoms with Gasteiger partial charge in [-0.05, 0) is 60.5 Å². The lowest BCUT2D eigenvalue weighted by molar-refractivity contribution is 0.102. The predicted octanol–water partition coefficient (Wildman–Crippen LogP) is 3.82. The van der Waals surface area contributed by atoms with Crippen LogP contribution in [0.25, 0.3) is 0 Å². The molecule has 0 fully saturated rings. The van der Waals surface area contributed by atoms with Crippen molar-refractivity contribution >= 4 is 23.4 Å². The van der Waals surface area contributed by atoms with Gasteiger partial charge in [0.05, 0.1) is 0 Å². The van der Waals surface area contributed by atoms with Gasteiger partial charge >= 0.3 is 6.09 Å². The van der Waals surface area contributed by atoms with Crippen LogP contribution in [0, 0.1) is 11.8 Å². The molecule has 0 bridgehead atoms. The van der Waals surface area contributed by atoms with E-state index in [0.29, 0.717) is 22.6 Å². The van der Waals surface area contributed by atoms with Gasteiger partial charge in [-0.3, -0.25) is 10.1 Å². The zero-order valence-electron chi connectivity index (χ0n) is 14.1. The van der Waals surface area contributed by atoms with Gasteiger partial charge in [-0.25, -0.2) is 9.78 Å². The first-order valence-electron chi connectivity index (χ1n) is 8.05. The Hall–Kier alpha value is -4.11. The fourth-order valence-electron chi connectivity index (χ4n) is 2.28. The summed E-state index contributed by atoms with van der Waals surface area (Å²) >= 11 is 0. The summed E-state index contributed by atoms with van der Waals surface area (Å²) in [7, 11) is 0. The summed E-state index contributed by atoms with van der Waals surface area (Å²) in [6.45, 7) is 0. The topological polar surface area (TPSA) is 91.3 Å². The molecule has 0 aliphatic rings. The normalized spacial score (nSPS) is 9.63. The van der Waals surface area contributed by atoms with E-state index in [4.69, 9.17) is 5.11 Å². The third kappa shape index (κ3) is 5.18. The molecule has 2 aromatic carbocycles. The van der Waals surface area contributed by atoms with E-state index in [-0.39, 0.29) is 5.91 Å². The summed E-state index contributed by atoms with van der Waals surface area (Å²) < 4.78 is 0. The number of carboxylic acid groups (broad SMARTS) is 1. The highest BCUT2D eigenvalue weighted by atomic mass is 16.4. The molecule has 0 aliphatic carbocycles. The first-order chi connectivity index (χ1) is 13.1. The lowest BCUT2D eigenvalue weighted by atomic mass is 10.1. The van der Waals surface area contributed by atoms with Crippen molar-refractivity contribution in [3.8, 4) is 11.8 Å². The van der Waals surface area contributed by atoms with Crippen molar-refractivity contribution in [3.05, 3.63) is 89.7 Å². The lowest BCUT2D eigenvalue weighted by Gasteiger charge is -2.07. The van der Waals surface area contributed by atoms with Crippen LogP contribution in [0.4, 0.5) is 16.2 Å². The number of benzene rings is 2. The highest BCUT2D eigenvalue weighted by molar-refractivity contribution is 6.04. The van der Waals surface area contributed by atoms with Crippen molar-refractivity contribution in [2.24, 2.45) is 0 Å². The van der Waals surface area contributed by atoms with E-state index < -0.39 is 6.09 Å². The highest BCUT2D eigenvalue weighted by Crippen LogP contribution is 2.14. The van der Waals surface area contributed by atoms with Gasteiger partial charge in [0.25, 0.3) is 5.91 Å². The second-order valence-corrected chi connectivity index (χ2v) is 5.51. The second kappa shape index (κ2) is 8.32. The summed E-state index contributed by atoms with van der Waals surface area (Å²) in [6.07, 6.45) is 0.522. The van der Waals surface area contributed by atoms with Gasteiger partial charge in [0.2, 0.25) is 0 Å². The van der Waals surface area contributed by atoms with E-state index in [0.717, 1.165) is 5.56 Å². The van der Waals surface area contributed by atoms with Gasteiger partial charge in [-0.15, -0.1) is 0 Å². The molecule has 6 heteroatoms. The number of hydrogen-bond acceptors (Lipinski definition) is 3. The van der Waals surface area contributed by atoms with Crippen LogP contribution in [0.2, 0.25) is 0 Å². The third-order valence-electron chi connectivity index (χ3n) is 3.52. The van der Waals surface area contributed by atoms with E-state index in [9.17, 15) is 9.59 Å². The van der Waals surface area contributed by atoms with E-state index in [1.54, 1.807) is 36.5 Å². The zero-order chi connectivity index (χ0) is 19.1. The molecule has 2 amide bonds. The molecule has 0 aliphatic heterocycles. The standard InChI is InChI=1S/C21H15N3O3/c25-20(16-8-11-18(12-9-16)24-21(26)27)23-19-6-3-4-15(14-19)7-10-17-5-1-2-13-22-17/h1-6,8-9,11-14,24H,(H,23,25)(H,26,27). The summed E-state index contributed by atoms with van der Waals surface area (Å²) in [4.78, 5) is 27.1. The van der Waals surface area contributed by atoms with Crippen molar-refractivity contribution < 1.29 is 14.7 Å². The number of nitrogens with zero attached hydrogens (tertiary/aromatic N) is 1. The number of carbonyl (C=O) groups is 2. The van der Waals surface area contributed by atoms with E-state index in [2.05, 4.69) is 27.5 Å². The Balaban J connectivity index is 1.70. The third-order valence-corrected chi connectivity index (χ3v) is 3.52. The number of anilines is 2. The Morgan fingerprint density at radius 2 is 1.67 bits per heavy atom. The fraction of sp³-hybridized carbons (Fsp3) is 0. The summed E-state index contributed by atoms with van der Waals surface area (Å²) in [5, 5.41) is 13.7. The molecule has 27 heavy (non-hydrogen) atoms. The lowest BCUT2D eigenvalue weighted by Crippen LogP contribution is -2.12. The monoisotopic (exact) mass is 357 g/mol. The van der Waals surface area contributed by atoms with Gasteiger partial charge < -0.3 is 10.4 Å². The molecule has 0 unspecified atom stereocenters. The molecule has 6 nitrogen and oxygen atoms in total. The SMILES string of the molecule is O=C(O)Nc1ccc(C(=O)Nc2cccc(C#Cc3ccccn3)c2)cc1. The van der Waals surface area contributed by atoms with Crippen LogP contribution in [-0.2, 0) is 0 Å². The Labute approximate surface area is 155 Å². The largest absolute Gasteiger partial charge is 0.465 e. The van der Waals surface area contributed by atoms with Crippen molar-refractivity contribution in [2.45, 2.75) is 0 Å². The van der Waals surface area contributed by atoms with Crippen LogP contribution in [-0.4, -0.2) is 22.1 Å². The first-order valence-corrected chi connectivity index (χ1v) is 8.05. The second-order valence-electron chi connectivity index (χ2n) is 5.51. The molecule has 3 rings (SSSR count). The zero-order valence-corrected chi connectivity index (χ0v) is 14.1. The average Bonchev–Trinajstić information content (AvgIpc) is 2.67. The molecule has 0 saturated heterocycles. The molecule has 0 atom stereocenters. The number of pyridine rings is 1. The fourth-order valence-corrected chi connectivity index (χ4v) is 2.28. The van der Waals surface area contributed by atoms with Crippen molar-refractivity contribution in [3.63, 3.8) is 0 Å². The molecule has 1 heterocycles. The van der Waals surface area contributed by atoms with Crippen molar-refractivity contribution in [1.29, 1.82) is 0 Å². The van der Waals surface area contributed by atoms with Crippen LogP contribution in [0.5, 0.6) is 0 Å². The van der Waals surface area contributed by atoms with Crippen LogP contribution >= 0.6 is 0 Å². The van der Waals surface area contributed by atoms with Crippen LogP contribution in [0.1, 0.15) is 21.6 Å². The maximum absolute atomic E-state index is 12.3. The summed E-state index contributed by atoms with van der Waals surface area (Å²) in [5.41, 5.74) is 2.84. The molecule has 3 N–H and O–H groups in total. The van der Waals surface area contributed by atoms with E-state index in [1.165, 1.54) is 12.1 Å². The Bertz CT molecular complexity index is 1020. The summed E-state index contributed by atoms with van der Waals surface area (Å²) in [5.74, 6) is 5.68.